The van der Waals surface area contributed by atoms with Crippen molar-refractivity contribution in [2.24, 2.45) is 11.1 Å². The minimum Gasteiger partial charge on any atom is -0.478 e. The summed E-state index contributed by atoms with van der Waals surface area (Å²) >= 11 is 0. The third-order valence-corrected chi connectivity index (χ3v) is 5.68. The van der Waals surface area contributed by atoms with Gasteiger partial charge >= 0.3 is 5.97 Å². The molecule has 1 aliphatic heterocycles. The van der Waals surface area contributed by atoms with Crippen molar-refractivity contribution in [2.75, 3.05) is 18.0 Å². The van der Waals surface area contributed by atoms with Crippen LogP contribution >= 0.6 is 0 Å². The van der Waals surface area contributed by atoms with Crippen molar-refractivity contribution in [3.05, 3.63) is 47.0 Å². The van der Waals surface area contributed by atoms with Crippen molar-refractivity contribution in [1.29, 1.82) is 0 Å². The van der Waals surface area contributed by atoms with E-state index in [1.165, 1.54) is 6.07 Å². The number of primary sulfonamides is 1. The molecule has 2 aromatic rings. The van der Waals surface area contributed by atoms with Crippen LogP contribution in [0, 0.1) is 19.8 Å². The summed E-state index contributed by atoms with van der Waals surface area (Å²) in [5.41, 5.74) is 2.20. The zero-order valence-electron chi connectivity index (χ0n) is 16.1. The lowest BCUT2D eigenvalue weighted by atomic mass is 10.1. The molecule has 8 heteroatoms. The largest absolute Gasteiger partial charge is 0.478 e. The van der Waals surface area contributed by atoms with Crippen LogP contribution in [-0.4, -0.2) is 32.6 Å². The molecule has 0 aromatic heterocycles. The second-order valence-corrected chi connectivity index (χ2v) is 8.97. The molecule has 3 rings (SSSR count). The summed E-state index contributed by atoms with van der Waals surface area (Å²) in [6.07, 6.45) is 0.922. The molecule has 7 nitrogen and oxygen atoms in total. The lowest BCUT2D eigenvalue weighted by molar-refractivity contribution is 0.0696. The molecule has 0 radical (unpaired) electrons. The number of anilines is 1. The van der Waals surface area contributed by atoms with Crippen LogP contribution in [0.25, 0.3) is 0 Å². The Morgan fingerprint density at radius 3 is 2.32 bits per heavy atom. The van der Waals surface area contributed by atoms with Gasteiger partial charge in [0.15, 0.2) is 5.75 Å². The molecule has 0 saturated carbocycles. The fourth-order valence-electron chi connectivity index (χ4n) is 3.52. The van der Waals surface area contributed by atoms with Crippen molar-refractivity contribution < 1.29 is 23.1 Å². The maximum atomic E-state index is 12.3. The Kier molecular flexibility index (Phi) is 5.36. The average Bonchev–Trinajstić information content (AvgIpc) is 2.99. The first-order valence-corrected chi connectivity index (χ1v) is 10.5. The van der Waals surface area contributed by atoms with Gasteiger partial charge in [-0.15, -0.1) is 0 Å². The summed E-state index contributed by atoms with van der Waals surface area (Å²) in [5, 5.41) is 14.9. The third-order valence-electron chi connectivity index (χ3n) is 4.77. The molecule has 1 unspecified atom stereocenters. The number of carbonyl (C=O) groups is 1. The smallest absolute Gasteiger partial charge is 0.335 e. The highest BCUT2D eigenvalue weighted by Gasteiger charge is 2.29. The molecule has 0 amide bonds. The van der Waals surface area contributed by atoms with E-state index >= 15 is 0 Å². The van der Waals surface area contributed by atoms with Crippen molar-refractivity contribution >= 4 is 21.7 Å². The van der Waals surface area contributed by atoms with Crippen LogP contribution in [0.15, 0.2) is 35.2 Å². The predicted octanol–water partition coefficient (Wildman–Crippen LogP) is 3.29. The van der Waals surface area contributed by atoms with Gasteiger partial charge in [-0.3, -0.25) is 0 Å². The van der Waals surface area contributed by atoms with Gasteiger partial charge in [-0.05, 0) is 61.6 Å². The number of hydrogen-bond acceptors (Lipinski definition) is 5. The second kappa shape index (κ2) is 7.44. The van der Waals surface area contributed by atoms with Gasteiger partial charge in [0, 0.05) is 13.1 Å². The van der Waals surface area contributed by atoms with E-state index in [-0.39, 0.29) is 16.2 Å². The first kappa shape index (κ1) is 20.2. The van der Waals surface area contributed by atoms with Crippen molar-refractivity contribution in [3.63, 3.8) is 0 Å². The Hall–Kier alpha value is -2.58. The number of aryl methyl sites for hydroxylation is 2. The molecule has 1 aliphatic rings. The lowest BCUT2D eigenvalue weighted by Crippen LogP contribution is -2.22. The Bertz CT molecular complexity index is 1010. The highest BCUT2D eigenvalue weighted by molar-refractivity contribution is 7.89. The highest BCUT2D eigenvalue weighted by atomic mass is 32.2. The van der Waals surface area contributed by atoms with Crippen molar-refractivity contribution in [3.8, 4) is 11.5 Å². The number of benzene rings is 2. The molecule has 28 heavy (non-hydrogen) atoms. The van der Waals surface area contributed by atoms with Crippen LogP contribution < -0.4 is 14.8 Å². The van der Waals surface area contributed by atoms with E-state index in [4.69, 9.17) is 9.88 Å². The monoisotopic (exact) mass is 404 g/mol. The molecule has 0 aliphatic carbocycles. The number of hydrogen-bond donors (Lipinski definition) is 2. The van der Waals surface area contributed by atoms with Gasteiger partial charge in [0.25, 0.3) is 0 Å². The lowest BCUT2D eigenvalue weighted by Gasteiger charge is -2.24. The minimum atomic E-state index is -4.21. The molecule has 1 fully saturated rings. The summed E-state index contributed by atoms with van der Waals surface area (Å²) < 4.78 is 30.6. The Balaban J connectivity index is 2.23. The minimum absolute atomic E-state index is 0.0617. The second-order valence-electron chi connectivity index (χ2n) is 7.44. The fourth-order valence-corrected chi connectivity index (χ4v) is 4.22. The molecule has 1 atom stereocenters. The number of carboxylic acids is 1. The first-order valence-electron chi connectivity index (χ1n) is 9.00. The van der Waals surface area contributed by atoms with Crippen molar-refractivity contribution in [2.45, 2.75) is 32.1 Å². The standard InChI is InChI=1S/C20H24N2O5S/c1-12-4-5-22(11-12)17-9-15(20(23)24)10-18(28(21,25)26)19(17)27-16-7-13(2)6-14(3)8-16/h6-10,12H,4-5,11H2,1-3H3,(H,23,24)(H2,21,25,26). The summed E-state index contributed by atoms with van der Waals surface area (Å²) in [6, 6.07) is 8.07. The van der Waals surface area contributed by atoms with Crippen LogP contribution in [0.2, 0.25) is 0 Å². The number of rotatable bonds is 5. The normalized spacial score (nSPS) is 17.0. The topological polar surface area (TPSA) is 110 Å². The molecule has 3 N–H and O–H groups in total. The SMILES string of the molecule is Cc1cc(C)cc(Oc2c(N3CCC(C)C3)cc(C(=O)O)cc2S(N)(=O)=O)c1. The molecule has 2 aromatic carbocycles. The average molecular weight is 404 g/mol. The van der Waals surface area contributed by atoms with Gasteiger partial charge in [-0.2, -0.15) is 0 Å². The van der Waals surface area contributed by atoms with E-state index < -0.39 is 16.0 Å². The van der Waals surface area contributed by atoms with Gasteiger partial charge in [-0.1, -0.05) is 13.0 Å². The molecule has 1 heterocycles. The maximum Gasteiger partial charge on any atom is 0.335 e. The highest BCUT2D eigenvalue weighted by Crippen LogP contribution is 2.41. The molecule has 150 valence electrons. The van der Waals surface area contributed by atoms with E-state index in [0.717, 1.165) is 23.6 Å². The van der Waals surface area contributed by atoms with Crippen LogP contribution in [-0.2, 0) is 10.0 Å². The number of nitrogens with two attached hydrogens (primary N) is 1. The van der Waals surface area contributed by atoms with Crippen LogP contribution in [0.4, 0.5) is 5.69 Å². The third kappa shape index (κ3) is 4.28. The first-order chi connectivity index (χ1) is 13.0. The number of sulfonamides is 1. The molecule has 0 spiro atoms. The van der Waals surface area contributed by atoms with Crippen LogP contribution in [0.5, 0.6) is 11.5 Å². The van der Waals surface area contributed by atoms with E-state index in [9.17, 15) is 18.3 Å². The van der Waals surface area contributed by atoms with E-state index in [1.807, 2.05) is 24.8 Å². The van der Waals surface area contributed by atoms with E-state index in [2.05, 4.69) is 6.92 Å². The molecule has 0 bridgehead atoms. The summed E-state index contributed by atoms with van der Waals surface area (Å²) in [5.74, 6) is -0.289. The van der Waals surface area contributed by atoms with Gasteiger partial charge in [-0.25, -0.2) is 18.4 Å². The molecule has 1 saturated heterocycles. The van der Waals surface area contributed by atoms with Gasteiger partial charge in [0.1, 0.15) is 10.6 Å². The molecular formula is C20H24N2O5S. The van der Waals surface area contributed by atoms with E-state index in [0.29, 0.717) is 30.4 Å². The Morgan fingerprint density at radius 1 is 1.18 bits per heavy atom. The summed E-state index contributed by atoms with van der Waals surface area (Å²) in [4.78, 5) is 13.2. The van der Waals surface area contributed by atoms with Crippen LogP contribution in [0.1, 0.15) is 34.8 Å². The maximum absolute atomic E-state index is 12.3. The van der Waals surface area contributed by atoms with Gasteiger partial charge < -0.3 is 14.7 Å². The van der Waals surface area contributed by atoms with Gasteiger partial charge in [0.2, 0.25) is 10.0 Å². The van der Waals surface area contributed by atoms with Crippen LogP contribution in [0.3, 0.4) is 0 Å². The van der Waals surface area contributed by atoms with E-state index in [1.54, 1.807) is 12.1 Å². The summed E-state index contributed by atoms with van der Waals surface area (Å²) in [6.45, 7) is 7.27. The molecular weight excluding hydrogens is 380 g/mol. The Labute approximate surface area is 164 Å². The predicted molar refractivity (Wildman–Crippen MR) is 107 cm³/mol. The van der Waals surface area contributed by atoms with Gasteiger partial charge in [0.05, 0.1) is 11.3 Å². The van der Waals surface area contributed by atoms with Crippen molar-refractivity contribution in [1.82, 2.24) is 0 Å². The zero-order valence-corrected chi connectivity index (χ0v) is 16.9. The number of carboxylic acid groups (broad SMARTS) is 1. The quantitative estimate of drug-likeness (QED) is 0.791. The number of ether oxygens (including phenoxy) is 1. The summed E-state index contributed by atoms with van der Waals surface area (Å²) in [7, 11) is -4.21. The Morgan fingerprint density at radius 2 is 1.82 bits per heavy atom. The zero-order chi connectivity index (χ0) is 20.6. The number of aromatic carboxylic acids is 1. The number of nitrogens with zero attached hydrogens (tertiary/aromatic N) is 1. The fraction of sp³-hybridized carbons (Fsp3) is 0.350.